The van der Waals surface area contributed by atoms with Gasteiger partial charge < -0.3 is 60.1 Å². The first-order chi connectivity index (χ1) is 19.5. The van der Waals surface area contributed by atoms with Crippen LogP contribution in [0.2, 0.25) is 0 Å². The van der Waals surface area contributed by atoms with E-state index in [0.717, 1.165) is 6.92 Å². The number of nitrogens with zero attached hydrogens (tertiary/aromatic N) is 1. The van der Waals surface area contributed by atoms with Gasteiger partial charge in [-0.2, -0.15) is 12.6 Å². The van der Waals surface area contributed by atoms with Gasteiger partial charge in [-0.25, -0.2) is 4.79 Å². The first-order valence-corrected chi connectivity index (χ1v) is 13.2. The van der Waals surface area contributed by atoms with E-state index in [0.29, 0.717) is 0 Å². The van der Waals surface area contributed by atoms with Gasteiger partial charge in [0.15, 0.2) is 12.0 Å². The minimum Gasteiger partial charge on any atom is -0.480 e. The minimum atomic E-state index is -1.75. The zero-order valence-electron chi connectivity index (χ0n) is 22.9. The third-order valence-corrected chi connectivity index (χ3v) is 5.90. The lowest BCUT2D eigenvalue weighted by molar-refractivity contribution is -0.145. The quantitative estimate of drug-likeness (QED) is 0.0262. The van der Waals surface area contributed by atoms with E-state index >= 15 is 0 Å². The molecule has 0 aromatic rings. The van der Waals surface area contributed by atoms with Crippen LogP contribution in [-0.2, 0) is 33.6 Å². The predicted octanol–water partition coefficient (Wildman–Crippen LogP) is -6.16. The molecule has 0 spiro atoms. The molecule has 0 aliphatic heterocycles. The molecule has 42 heavy (non-hydrogen) atoms. The number of hydrogen-bond acceptors (Lipinski definition) is 11. The molecule has 0 bridgehead atoms. The summed E-state index contributed by atoms with van der Waals surface area (Å²) in [6, 6.07) is -7.37. The third kappa shape index (κ3) is 15.0. The van der Waals surface area contributed by atoms with Crippen molar-refractivity contribution in [1.82, 2.24) is 21.3 Å². The summed E-state index contributed by atoms with van der Waals surface area (Å²) in [5, 5.41) is 27.9. The summed E-state index contributed by atoms with van der Waals surface area (Å²) in [4.78, 5) is 89.4. The average molecular weight is 621 g/mol. The summed E-state index contributed by atoms with van der Waals surface area (Å²) in [6.45, 7) is 1.14. The van der Waals surface area contributed by atoms with Gasteiger partial charge in [-0.3, -0.25) is 33.8 Å². The van der Waals surface area contributed by atoms with E-state index in [-0.39, 0.29) is 37.5 Å². The molecule has 20 heteroatoms. The number of guanidine groups is 1. The highest BCUT2D eigenvalue weighted by Crippen LogP contribution is 2.06. The maximum absolute atomic E-state index is 13.3. The number of nitrogens with one attached hydrogen (secondary N) is 4. The maximum atomic E-state index is 13.3. The lowest BCUT2D eigenvalue weighted by Gasteiger charge is -2.26. The second-order valence-corrected chi connectivity index (χ2v) is 9.53. The smallest absolute Gasteiger partial charge is 0.328 e. The monoisotopic (exact) mass is 620 g/mol. The van der Waals surface area contributed by atoms with E-state index in [4.69, 9.17) is 28.7 Å². The number of thiol groups is 1. The third-order valence-electron chi connectivity index (χ3n) is 5.51. The lowest BCUT2D eigenvalue weighted by atomic mass is 10.0. The van der Waals surface area contributed by atoms with Gasteiger partial charge in [0.25, 0.3) is 0 Å². The number of carboxylic acids is 1. The van der Waals surface area contributed by atoms with Crippen molar-refractivity contribution in [2.75, 3.05) is 12.3 Å². The molecular weight excluding hydrogens is 580 g/mol. The average Bonchev–Trinajstić information content (AvgIpc) is 2.88. The Balaban J connectivity index is 6.07. The van der Waals surface area contributed by atoms with Crippen LogP contribution in [0.4, 0.5) is 0 Å². The molecule has 0 aliphatic rings. The molecule has 19 nitrogen and oxygen atoms in total. The Morgan fingerprint density at radius 3 is 1.74 bits per heavy atom. The molecule has 0 rings (SSSR count). The van der Waals surface area contributed by atoms with Crippen LogP contribution in [0.1, 0.15) is 39.0 Å². The molecule has 0 radical (unpaired) electrons. The SMILES string of the molecule is C[C@@H](O)[C@H](NC(=O)[C@H](CCC(N)=O)NC(=O)[C@H](CCCN=C(N)N)NC(=O)[C@H](CC(N)=O)NC(=O)[C@@H](N)CS)C(=O)O. The largest absolute Gasteiger partial charge is 0.480 e. The summed E-state index contributed by atoms with van der Waals surface area (Å²) in [5.41, 5.74) is 26.5. The van der Waals surface area contributed by atoms with Crippen molar-refractivity contribution in [3.63, 3.8) is 0 Å². The molecule has 16 N–H and O–H groups in total. The fourth-order valence-electron chi connectivity index (χ4n) is 3.29. The molecule has 0 aromatic heterocycles. The number of aliphatic hydroxyl groups is 1. The van der Waals surface area contributed by atoms with Gasteiger partial charge in [-0.1, -0.05) is 0 Å². The molecule has 0 heterocycles. The first-order valence-electron chi connectivity index (χ1n) is 12.6. The van der Waals surface area contributed by atoms with Crippen molar-refractivity contribution in [3.05, 3.63) is 0 Å². The number of hydrogen-bond donors (Lipinski definition) is 12. The Kier molecular flexibility index (Phi) is 17.2. The Morgan fingerprint density at radius 1 is 0.786 bits per heavy atom. The fraction of sp³-hybridized carbons (Fsp3) is 0.636. The number of nitrogens with two attached hydrogens (primary N) is 5. The number of aliphatic carboxylic acids is 1. The number of carbonyl (C=O) groups excluding carboxylic acids is 6. The topological polar surface area (TPSA) is 351 Å². The van der Waals surface area contributed by atoms with Crippen LogP contribution in [0.5, 0.6) is 0 Å². The van der Waals surface area contributed by atoms with E-state index in [9.17, 15) is 43.8 Å². The second-order valence-electron chi connectivity index (χ2n) is 9.16. The Morgan fingerprint density at radius 2 is 1.29 bits per heavy atom. The van der Waals surface area contributed by atoms with E-state index in [1.165, 1.54) is 0 Å². The van der Waals surface area contributed by atoms with Crippen LogP contribution in [0.25, 0.3) is 0 Å². The number of aliphatic hydroxyl groups excluding tert-OH is 1. The van der Waals surface area contributed by atoms with E-state index < -0.39 is 90.6 Å². The molecule has 0 aliphatic carbocycles. The van der Waals surface area contributed by atoms with Crippen LogP contribution < -0.4 is 49.9 Å². The van der Waals surface area contributed by atoms with Crippen molar-refractivity contribution in [2.24, 2.45) is 33.7 Å². The number of carboxylic acid groups (broad SMARTS) is 1. The zero-order valence-corrected chi connectivity index (χ0v) is 23.8. The summed E-state index contributed by atoms with van der Waals surface area (Å²) in [5.74, 6) is -7.55. The van der Waals surface area contributed by atoms with Gasteiger partial charge in [-0.05, 0) is 26.2 Å². The van der Waals surface area contributed by atoms with Gasteiger partial charge >= 0.3 is 5.97 Å². The molecule has 0 aromatic carbocycles. The van der Waals surface area contributed by atoms with Crippen LogP contribution in [0.3, 0.4) is 0 Å². The van der Waals surface area contributed by atoms with Gasteiger partial charge in [0.2, 0.25) is 35.4 Å². The van der Waals surface area contributed by atoms with Gasteiger partial charge in [0.05, 0.1) is 18.6 Å². The molecular formula is C22H40N10O9S. The number of aliphatic imine (C=N–C) groups is 1. The van der Waals surface area contributed by atoms with Crippen molar-refractivity contribution in [1.29, 1.82) is 0 Å². The van der Waals surface area contributed by atoms with Crippen LogP contribution >= 0.6 is 12.6 Å². The summed E-state index contributed by atoms with van der Waals surface area (Å²) < 4.78 is 0. The van der Waals surface area contributed by atoms with Gasteiger partial charge in [-0.15, -0.1) is 0 Å². The van der Waals surface area contributed by atoms with Gasteiger partial charge in [0, 0.05) is 18.7 Å². The van der Waals surface area contributed by atoms with Crippen molar-refractivity contribution in [3.8, 4) is 0 Å². The minimum absolute atomic E-state index is 0.0283. The van der Waals surface area contributed by atoms with Crippen LogP contribution in [0, 0.1) is 0 Å². The molecule has 6 amide bonds. The molecule has 0 saturated heterocycles. The molecule has 0 fully saturated rings. The zero-order chi connectivity index (χ0) is 32.6. The number of carbonyl (C=O) groups is 7. The molecule has 0 unspecified atom stereocenters. The molecule has 0 saturated carbocycles. The Hall–Kier alpha value is -4.17. The molecule has 6 atom stereocenters. The standard InChI is InChI=1S/C22H40N10O9S/c1-9(33)16(21(40)41)32-19(38)12(4-5-14(24)34)30-18(37)11(3-2-6-28-22(26)27)29-20(39)13(7-15(25)35)31-17(36)10(23)8-42/h9-13,16,33,42H,2-8,23H2,1H3,(H2,24,34)(H2,25,35)(H,29,39)(H,30,37)(H,31,36)(H,32,38)(H,40,41)(H4,26,27,28)/t9-,10+,11+,12+,13+,16+/m1/s1. The maximum Gasteiger partial charge on any atom is 0.328 e. The van der Waals surface area contributed by atoms with E-state index in [1.807, 2.05) is 0 Å². The van der Waals surface area contributed by atoms with Crippen molar-refractivity contribution in [2.45, 2.75) is 75.3 Å². The molecule has 238 valence electrons. The highest BCUT2D eigenvalue weighted by molar-refractivity contribution is 7.80. The second kappa shape index (κ2) is 19.0. The number of rotatable bonds is 20. The summed E-state index contributed by atoms with van der Waals surface area (Å²) in [6.07, 6.45) is -2.94. The number of amides is 6. The van der Waals surface area contributed by atoms with E-state index in [1.54, 1.807) is 0 Å². The van der Waals surface area contributed by atoms with Crippen LogP contribution in [-0.4, -0.2) is 106 Å². The lowest BCUT2D eigenvalue weighted by Crippen LogP contribution is -2.59. The van der Waals surface area contributed by atoms with Crippen molar-refractivity contribution < 1.29 is 43.8 Å². The Labute approximate surface area is 246 Å². The summed E-state index contributed by atoms with van der Waals surface area (Å²) in [7, 11) is 0. The van der Waals surface area contributed by atoms with E-state index in [2.05, 4.69) is 38.9 Å². The van der Waals surface area contributed by atoms with Gasteiger partial charge in [0.1, 0.15) is 18.1 Å². The van der Waals surface area contributed by atoms with Crippen molar-refractivity contribution >= 4 is 60.0 Å². The predicted molar refractivity (Wildman–Crippen MR) is 151 cm³/mol. The van der Waals surface area contributed by atoms with Crippen LogP contribution in [0.15, 0.2) is 4.99 Å². The first kappa shape index (κ1) is 37.8. The fourth-order valence-corrected chi connectivity index (χ4v) is 3.45. The highest BCUT2D eigenvalue weighted by Gasteiger charge is 2.33. The summed E-state index contributed by atoms with van der Waals surface area (Å²) >= 11 is 3.90. The Bertz CT molecular complexity index is 1020. The number of primary amides is 2. The highest BCUT2D eigenvalue weighted by atomic mass is 32.1. The normalized spacial score (nSPS) is 15.0.